The fourth-order valence-corrected chi connectivity index (χ4v) is 2.32. The van der Waals surface area contributed by atoms with Gasteiger partial charge in [0.15, 0.2) is 0 Å². The third kappa shape index (κ3) is 3.60. The van der Waals surface area contributed by atoms with Crippen molar-refractivity contribution < 1.29 is 19.1 Å². The monoisotopic (exact) mass is 280 g/mol. The molecule has 6 nitrogen and oxygen atoms in total. The molecular weight excluding hydrogens is 260 g/mol. The molecule has 0 spiro atoms. The van der Waals surface area contributed by atoms with Crippen LogP contribution in [0.3, 0.4) is 0 Å². The summed E-state index contributed by atoms with van der Waals surface area (Å²) in [5.41, 5.74) is 0. The molecule has 2 unspecified atom stereocenters. The molecule has 1 aliphatic rings. The van der Waals surface area contributed by atoms with E-state index in [1.54, 1.807) is 17.2 Å². The normalized spacial score (nSPS) is 20.2. The van der Waals surface area contributed by atoms with E-state index in [9.17, 15) is 9.59 Å². The van der Waals surface area contributed by atoms with Crippen LogP contribution in [0.15, 0.2) is 22.8 Å². The first kappa shape index (κ1) is 14.6. The maximum Gasteiger partial charge on any atom is 0.225 e. The standard InChI is InChI=1S/C14H20N2O4/c1-10(4-5-17)15-14(19)11-7-13(18)16(8-11)9-12-3-2-6-20-12/h2-3,6,10-11,17H,4-5,7-9H2,1H3,(H,15,19). The van der Waals surface area contributed by atoms with Gasteiger partial charge in [0.05, 0.1) is 18.7 Å². The maximum absolute atomic E-state index is 12.0. The summed E-state index contributed by atoms with van der Waals surface area (Å²) in [5, 5.41) is 11.6. The van der Waals surface area contributed by atoms with Crippen LogP contribution in [0.4, 0.5) is 0 Å². The predicted molar refractivity (Wildman–Crippen MR) is 71.5 cm³/mol. The smallest absolute Gasteiger partial charge is 0.225 e. The van der Waals surface area contributed by atoms with E-state index < -0.39 is 0 Å². The zero-order valence-electron chi connectivity index (χ0n) is 11.5. The van der Waals surface area contributed by atoms with Crippen molar-refractivity contribution in [2.75, 3.05) is 13.2 Å². The van der Waals surface area contributed by atoms with E-state index in [0.717, 1.165) is 0 Å². The number of furan rings is 1. The average Bonchev–Trinajstić information content (AvgIpc) is 3.01. The van der Waals surface area contributed by atoms with Gasteiger partial charge >= 0.3 is 0 Å². The SMILES string of the molecule is CC(CCO)NC(=O)C1CC(=O)N(Cc2ccco2)C1. The molecule has 1 aliphatic heterocycles. The molecule has 110 valence electrons. The fourth-order valence-electron chi connectivity index (χ4n) is 2.32. The topological polar surface area (TPSA) is 82.8 Å². The van der Waals surface area contributed by atoms with E-state index >= 15 is 0 Å². The molecule has 2 heterocycles. The molecule has 0 saturated carbocycles. The van der Waals surface area contributed by atoms with Gasteiger partial charge in [-0.3, -0.25) is 9.59 Å². The van der Waals surface area contributed by atoms with Crippen LogP contribution >= 0.6 is 0 Å². The van der Waals surface area contributed by atoms with Gasteiger partial charge in [0.2, 0.25) is 11.8 Å². The summed E-state index contributed by atoms with van der Waals surface area (Å²) < 4.78 is 5.21. The summed E-state index contributed by atoms with van der Waals surface area (Å²) in [6.45, 7) is 2.69. The number of hydrogen-bond acceptors (Lipinski definition) is 4. The van der Waals surface area contributed by atoms with E-state index in [1.807, 2.05) is 13.0 Å². The third-order valence-corrected chi connectivity index (χ3v) is 3.46. The highest BCUT2D eigenvalue weighted by atomic mass is 16.3. The Morgan fingerprint density at radius 3 is 3.10 bits per heavy atom. The Hall–Kier alpha value is -1.82. The molecule has 2 rings (SSSR count). The van der Waals surface area contributed by atoms with Crippen LogP contribution in [-0.2, 0) is 16.1 Å². The van der Waals surface area contributed by atoms with Crippen LogP contribution in [0.2, 0.25) is 0 Å². The molecule has 6 heteroatoms. The highest BCUT2D eigenvalue weighted by molar-refractivity contribution is 5.89. The molecular formula is C14H20N2O4. The van der Waals surface area contributed by atoms with E-state index in [1.165, 1.54) is 0 Å². The number of nitrogens with one attached hydrogen (secondary N) is 1. The highest BCUT2D eigenvalue weighted by Crippen LogP contribution is 2.20. The number of likely N-dealkylation sites (tertiary alicyclic amines) is 1. The number of aliphatic hydroxyl groups is 1. The van der Waals surface area contributed by atoms with Crippen LogP contribution in [0.1, 0.15) is 25.5 Å². The molecule has 0 bridgehead atoms. The zero-order valence-corrected chi connectivity index (χ0v) is 11.5. The lowest BCUT2D eigenvalue weighted by Crippen LogP contribution is -2.38. The van der Waals surface area contributed by atoms with Crippen molar-refractivity contribution in [2.45, 2.75) is 32.4 Å². The number of aliphatic hydroxyl groups excluding tert-OH is 1. The van der Waals surface area contributed by atoms with Gasteiger partial charge in [0, 0.05) is 25.6 Å². The Balaban J connectivity index is 1.86. The minimum atomic E-state index is -0.321. The van der Waals surface area contributed by atoms with Crippen LogP contribution < -0.4 is 5.32 Å². The van der Waals surface area contributed by atoms with E-state index in [4.69, 9.17) is 9.52 Å². The number of amides is 2. The summed E-state index contributed by atoms with van der Waals surface area (Å²) in [4.78, 5) is 25.6. The van der Waals surface area contributed by atoms with Crippen molar-refractivity contribution in [1.29, 1.82) is 0 Å². The van der Waals surface area contributed by atoms with Gasteiger partial charge in [0.25, 0.3) is 0 Å². The van der Waals surface area contributed by atoms with Crippen LogP contribution in [-0.4, -0.2) is 41.0 Å². The molecule has 1 aromatic heterocycles. The van der Waals surface area contributed by atoms with Crippen LogP contribution in [0, 0.1) is 5.92 Å². The third-order valence-electron chi connectivity index (χ3n) is 3.46. The molecule has 1 saturated heterocycles. The minimum absolute atomic E-state index is 0.0311. The molecule has 20 heavy (non-hydrogen) atoms. The van der Waals surface area contributed by atoms with E-state index in [0.29, 0.717) is 25.3 Å². The van der Waals surface area contributed by atoms with Crippen molar-refractivity contribution in [3.63, 3.8) is 0 Å². The summed E-state index contributed by atoms with van der Waals surface area (Å²) in [6, 6.07) is 3.50. The molecule has 1 aromatic rings. The van der Waals surface area contributed by atoms with Gasteiger partial charge in [-0.15, -0.1) is 0 Å². The fraction of sp³-hybridized carbons (Fsp3) is 0.571. The lowest BCUT2D eigenvalue weighted by atomic mass is 10.1. The summed E-state index contributed by atoms with van der Waals surface area (Å²) in [7, 11) is 0. The van der Waals surface area contributed by atoms with Gasteiger partial charge in [-0.25, -0.2) is 0 Å². The van der Waals surface area contributed by atoms with E-state index in [-0.39, 0.29) is 36.8 Å². The molecule has 2 amide bonds. The van der Waals surface area contributed by atoms with E-state index in [2.05, 4.69) is 5.32 Å². The Kier molecular flexibility index (Phi) is 4.79. The number of carbonyl (C=O) groups is 2. The Morgan fingerprint density at radius 1 is 1.65 bits per heavy atom. The number of hydrogen-bond donors (Lipinski definition) is 2. The van der Waals surface area contributed by atoms with Crippen molar-refractivity contribution >= 4 is 11.8 Å². The predicted octanol–water partition coefficient (Wildman–Crippen LogP) is 0.515. The van der Waals surface area contributed by atoms with Crippen molar-refractivity contribution in [1.82, 2.24) is 10.2 Å². The molecule has 1 fully saturated rings. The van der Waals surface area contributed by atoms with Crippen LogP contribution in [0.5, 0.6) is 0 Å². The zero-order chi connectivity index (χ0) is 14.5. The van der Waals surface area contributed by atoms with Gasteiger partial charge in [0.1, 0.15) is 5.76 Å². The Bertz CT molecular complexity index is 458. The maximum atomic E-state index is 12.0. The quantitative estimate of drug-likeness (QED) is 0.795. The first-order chi connectivity index (χ1) is 9.60. The summed E-state index contributed by atoms with van der Waals surface area (Å²) in [6.07, 6.45) is 2.32. The van der Waals surface area contributed by atoms with Gasteiger partial charge in [-0.1, -0.05) is 0 Å². The lowest BCUT2D eigenvalue weighted by molar-refractivity contribution is -0.129. The Morgan fingerprint density at radius 2 is 2.45 bits per heavy atom. The number of rotatable bonds is 6. The Labute approximate surface area is 117 Å². The summed E-state index contributed by atoms with van der Waals surface area (Å²) in [5.74, 6) is 0.240. The highest BCUT2D eigenvalue weighted by Gasteiger charge is 2.34. The first-order valence-corrected chi connectivity index (χ1v) is 6.81. The number of carbonyl (C=O) groups excluding carboxylic acids is 2. The van der Waals surface area contributed by atoms with Gasteiger partial charge in [-0.2, -0.15) is 0 Å². The molecule has 0 radical (unpaired) electrons. The van der Waals surface area contributed by atoms with Crippen molar-refractivity contribution in [2.24, 2.45) is 5.92 Å². The molecule has 2 N–H and O–H groups in total. The largest absolute Gasteiger partial charge is 0.467 e. The number of nitrogens with zero attached hydrogens (tertiary/aromatic N) is 1. The van der Waals surface area contributed by atoms with Gasteiger partial charge in [-0.05, 0) is 25.5 Å². The molecule has 0 aromatic carbocycles. The van der Waals surface area contributed by atoms with Crippen LogP contribution in [0.25, 0.3) is 0 Å². The summed E-state index contributed by atoms with van der Waals surface area (Å²) >= 11 is 0. The second-order valence-electron chi connectivity index (χ2n) is 5.18. The second kappa shape index (κ2) is 6.56. The molecule has 2 atom stereocenters. The van der Waals surface area contributed by atoms with Crippen molar-refractivity contribution in [3.8, 4) is 0 Å². The molecule has 0 aliphatic carbocycles. The van der Waals surface area contributed by atoms with Crippen molar-refractivity contribution in [3.05, 3.63) is 24.2 Å². The second-order valence-corrected chi connectivity index (χ2v) is 5.18. The minimum Gasteiger partial charge on any atom is -0.467 e. The van der Waals surface area contributed by atoms with Gasteiger partial charge < -0.3 is 19.7 Å². The average molecular weight is 280 g/mol. The first-order valence-electron chi connectivity index (χ1n) is 6.81. The lowest BCUT2D eigenvalue weighted by Gasteiger charge is -2.17.